The summed E-state index contributed by atoms with van der Waals surface area (Å²) < 4.78 is 28.5. The summed E-state index contributed by atoms with van der Waals surface area (Å²) >= 11 is 0. The maximum absolute atomic E-state index is 15.4. The zero-order valence-corrected chi connectivity index (χ0v) is 37.6. The van der Waals surface area contributed by atoms with E-state index in [0.29, 0.717) is 69.0 Å². The number of fused-ring (bicyclic) bond motifs is 1. The Hall–Kier alpha value is -5.86. The third-order valence-corrected chi connectivity index (χ3v) is 11.7. The molecular weight excluding hydrogens is 800 g/mol. The predicted octanol–water partition coefficient (Wildman–Crippen LogP) is 8.02. The highest BCUT2D eigenvalue weighted by atomic mass is 19.1. The zero-order valence-electron chi connectivity index (χ0n) is 37.6. The SMILES string of the molecule is CCc1nc2c(cnn2CC)c(NC2CCOCC2)c1CNC(=O)c1cc(C)cc(C(=O)NCc2ccc(F)c(-c3cccc(CN4CCN(C(=O)OC(C)(C)C)[C@@H](C)C4)c3)c2)c1. The van der Waals surface area contributed by atoms with Gasteiger partial charge in [-0.05, 0) is 119 Å². The number of pyridine rings is 1. The molecule has 7 rings (SSSR count). The summed E-state index contributed by atoms with van der Waals surface area (Å²) in [5.41, 5.74) is 7.42. The van der Waals surface area contributed by atoms with E-state index in [1.807, 2.05) is 76.7 Å². The molecule has 3 amide bonds. The Balaban J connectivity index is 0.999. The van der Waals surface area contributed by atoms with Gasteiger partial charge >= 0.3 is 6.09 Å². The van der Waals surface area contributed by atoms with Crippen molar-refractivity contribution in [2.45, 2.75) is 112 Å². The van der Waals surface area contributed by atoms with Crippen LogP contribution >= 0.6 is 0 Å². The Morgan fingerprint density at radius 2 is 1.65 bits per heavy atom. The number of amides is 3. The fraction of sp³-hybridized carbons (Fsp3) is 0.449. The van der Waals surface area contributed by atoms with E-state index in [4.69, 9.17) is 14.5 Å². The van der Waals surface area contributed by atoms with Crippen LogP contribution in [0.2, 0.25) is 0 Å². The van der Waals surface area contributed by atoms with Gasteiger partial charge in [0, 0.05) is 99.1 Å². The van der Waals surface area contributed by atoms with Gasteiger partial charge in [-0.2, -0.15) is 5.10 Å². The second-order valence-corrected chi connectivity index (χ2v) is 17.7. The number of benzene rings is 3. The number of carbonyl (C=O) groups excluding carboxylic acids is 3. The van der Waals surface area contributed by atoms with E-state index in [2.05, 4.69) is 32.9 Å². The average molecular weight is 861 g/mol. The van der Waals surface area contributed by atoms with Crippen LogP contribution < -0.4 is 16.0 Å². The van der Waals surface area contributed by atoms with E-state index in [-0.39, 0.29) is 48.9 Å². The Bertz CT molecular complexity index is 2460. The summed E-state index contributed by atoms with van der Waals surface area (Å²) in [6, 6.07) is 18.0. The van der Waals surface area contributed by atoms with E-state index in [9.17, 15) is 14.4 Å². The number of rotatable bonds is 13. The lowest BCUT2D eigenvalue weighted by atomic mass is 9.99. The lowest BCUT2D eigenvalue weighted by molar-refractivity contribution is 0.000540. The molecule has 4 heterocycles. The first-order valence-corrected chi connectivity index (χ1v) is 22.2. The second-order valence-electron chi connectivity index (χ2n) is 17.7. The smallest absolute Gasteiger partial charge is 0.410 e. The van der Waals surface area contributed by atoms with Gasteiger partial charge in [-0.15, -0.1) is 0 Å². The normalized spacial score (nSPS) is 16.3. The van der Waals surface area contributed by atoms with Crippen LogP contribution in [0.25, 0.3) is 22.2 Å². The molecule has 0 bridgehead atoms. The minimum absolute atomic E-state index is 0.0148. The molecule has 3 N–H and O–H groups in total. The molecule has 5 aromatic rings. The Kier molecular flexibility index (Phi) is 14.1. The molecule has 0 unspecified atom stereocenters. The number of hydrogen-bond acceptors (Lipinski definition) is 9. The van der Waals surface area contributed by atoms with Crippen LogP contribution in [0.5, 0.6) is 0 Å². The highest BCUT2D eigenvalue weighted by Gasteiger charge is 2.31. The van der Waals surface area contributed by atoms with Crippen molar-refractivity contribution in [1.82, 2.24) is 35.2 Å². The largest absolute Gasteiger partial charge is 0.444 e. The summed E-state index contributed by atoms with van der Waals surface area (Å²) in [5.74, 6) is -1.01. The molecule has 14 heteroatoms. The minimum Gasteiger partial charge on any atom is -0.444 e. The van der Waals surface area contributed by atoms with Crippen molar-refractivity contribution in [3.63, 3.8) is 0 Å². The molecule has 2 fully saturated rings. The van der Waals surface area contributed by atoms with Gasteiger partial charge in [0.25, 0.3) is 11.8 Å². The van der Waals surface area contributed by atoms with Crippen molar-refractivity contribution in [3.8, 4) is 11.1 Å². The summed E-state index contributed by atoms with van der Waals surface area (Å²) in [5, 5.41) is 15.3. The number of nitrogens with one attached hydrogen (secondary N) is 3. The summed E-state index contributed by atoms with van der Waals surface area (Å²) in [4.78, 5) is 49.2. The van der Waals surface area contributed by atoms with Gasteiger partial charge in [0.1, 0.15) is 11.4 Å². The molecule has 0 saturated carbocycles. The Labute approximate surface area is 369 Å². The molecule has 63 heavy (non-hydrogen) atoms. The first-order chi connectivity index (χ1) is 30.2. The van der Waals surface area contributed by atoms with Gasteiger partial charge < -0.3 is 30.3 Å². The highest BCUT2D eigenvalue weighted by Crippen LogP contribution is 2.32. The molecule has 0 aliphatic carbocycles. The number of aryl methyl sites for hydroxylation is 3. The van der Waals surface area contributed by atoms with E-state index in [0.717, 1.165) is 63.1 Å². The molecule has 2 aliphatic rings. The molecular formula is C49H61FN8O5. The number of anilines is 1. The summed E-state index contributed by atoms with van der Waals surface area (Å²) in [6.45, 7) is 18.7. The van der Waals surface area contributed by atoms with Crippen molar-refractivity contribution in [2.75, 3.05) is 38.2 Å². The van der Waals surface area contributed by atoms with Crippen LogP contribution in [-0.2, 0) is 42.1 Å². The number of ether oxygens (including phenoxy) is 2. The number of halogens is 1. The lowest BCUT2D eigenvalue weighted by Gasteiger charge is -2.40. The van der Waals surface area contributed by atoms with Gasteiger partial charge in [-0.3, -0.25) is 14.5 Å². The number of nitrogens with zero attached hydrogens (tertiary/aromatic N) is 5. The van der Waals surface area contributed by atoms with Crippen molar-refractivity contribution in [3.05, 3.63) is 112 Å². The highest BCUT2D eigenvalue weighted by molar-refractivity contribution is 6.00. The van der Waals surface area contributed by atoms with Gasteiger partial charge in [-0.1, -0.05) is 31.2 Å². The molecule has 13 nitrogen and oxygen atoms in total. The Morgan fingerprint density at radius 1 is 0.921 bits per heavy atom. The minimum atomic E-state index is -0.554. The maximum atomic E-state index is 15.4. The van der Waals surface area contributed by atoms with Crippen molar-refractivity contribution >= 4 is 34.6 Å². The van der Waals surface area contributed by atoms with Crippen molar-refractivity contribution < 1.29 is 28.2 Å². The van der Waals surface area contributed by atoms with Crippen LogP contribution in [0, 0.1) is 12.7 Å². The summed E-state index contributed by atoms with van der Waals surface area (Å²) in [6.07, 6.45) is 3.97. The van der Waals surface area contributed by atoms with Crippen molar-refractivity contribution in [1.29, 1.82) is 0 Å². The first-order valence-electron chi connectivity index (χ1n) is 22.2. The van der Waals surface area contributed by atoms with Gasteiger partial charge in [0.05, 0.1) is 17.3 Å². The topological polar surface area (TPSA) is 143 Å². The molecule has 2 saturated heterocycles. The first kappa shape index (κ1) is 45.2. The molecule has 0 radical (unpaired) electrons. The van der Waals surface area contributed by atoms with E-state index < -0.39 is 5.60 Å². The fourth-order valence-corrected chi connectivity index (χ4v) is 8.47. The zero-order chi connectivity index (χ0) is 44.8. The molecule has 0 spiro atoms. The monoisotopic (exact) mass is 860 g/mol. The van der Waals surface area contributed by atoms with Gasteiger partial charge in [0.15, 0.2) is 5.65 Å². The van der Waals surface area contributed by atoms with E-state index in [1.165, 1.54) is 6.07 Å². The Morgan fingerprint density at radius 3 is 2.33 bits per heavy atom. The standard InChI is InChI=1S/C49H61FN8O5/c1-8-43-40(44(54-38-15-19-62-20-16-38)41-28-53-58(9-2)45(41)55-43)27-52-47(60)37-22-31(3)21-36(25-37)46(59)51-26-33-13-14-42(50)39(24-33)35-12-10-11-34(23-35)30-56-17-18-57(32(4)29-56)48(61)63-49(5,6)7/h10-14,21-25,28,32,38H,8-9,15-20,26-27,29-30H2,1-7H3,(H,51,59)(H,52,60)(H,54,55)/t32-/m0/s1. The number of piperazine rings is 1. The van der Waals surface area contributed by atoms with Crippen LogP contribution in [0.1, 0.15) is 103 Å². The number of carbonyl (C=O) groups is 3. The third kappa shape index (κ3) is 11.0. The van der Waals surface area contributed by atoms with Gasteiger partial charge in [0.2, 0.25) is 0 Å². The van der Waals surface area contributed by atoms with Gasteiger partial charge in [-0.25, -0.2) is 18.9 Å². The number of hydrogen-bond donors (Lipinski definition) is 3. The molecule has 2 aliphatic heterocycles. The molecule has 334 valence electrons. The molecule has 3 aromatic carbocycles. The van der Waals surface area contributed by atoms with E-state index >= 15 is 4.39 Å². The second kappa shape index (κ2) is 19.7. The van der Waals surface area contributed by atoms with Crippen LogP contribution in [-0.4, -0.2) is 93.0 Å². The van der Waals surface area contributed by atoms with Crippen LogP contribution in [0.15, 0.2) is 66.9 Å². The molecule has 1 atom stereocenters. The molecule has 2 aromatic heterocycles. The maximum Gasteiger partial charge on any atom is 0.410 e. The summed E-state index contributed by atoms with van der Waals surface area (Å²) in [7, 11) is 0. The van der Waals surface area contributed by atoms with Crippen LogP contribution in [0.3, 0.4) is 0 Å². The van der Waals surface area contributed by atoms with Crippen molar-refractivity contribution in [2.24, 2.45) is 0 Å². The quantitative estimate of drug-likeness (QED) is 0.107. The average Bonchev–Trinajstić information content (AvgIpc) is 3.68. The predicted molar refractivity (Wildman–Crippen MR) is 243 cm³/mol. The van der Waals surface area contributed by atoms with Crippen LogP contribution in [0.4, 0.5) is 14.9 Å². The third-order valence-electron chi connectivity index (χ3n) is 11.7. The fourth-order valence-electron chi connectivity index (χ4n) is 8.47. The number of aromatic nitrogens is 3. The van der Waals surface area contributed by atoms with E-state index in [1.54, 1.807) is 35.2 Å². The lowest BCUT2D eigenvalue weighted by Crippen LogP contribution is -2.54.